The van der Waals surface area contributed by atoms with Crippen LogP contribution in [-0.2, 0) is 0 Å². The molecule has 0 spiro atoms. The predicted molar refractivity (Wildman–Crippen MR) is 97.3 cm³/mol. The van der Waals surface area contributed by atoms with Gasteiger partial charge in [0.25, 0.3) is 5.91 Å². The summed E-state index contributed by atoms with van der Waals surface area (Å²) < 4.78 is 0. The molecule has 1 amide bonds. The molecule has 0 saturated carbocycles. The quantitative estimate of drug-likeness (QED) is 0.837. The van der Waals surface area contributed by atoms with Gasteiger partial charge in [-0.1, -0.05) is 24.3 Å². The lowest BCUT2D eigenvalue weighted by molar-refractivity contribution is 0.0735. The number of anilines is 1. The Hall–Kier alpha value is -2.36. The first kappa shape index (κ1) is 16.5. The lowest BCUT2D eigenvalue weighted by Crippen LogP contribution is -2.30. The number of carbonyl (C=O) groups is 1. The smallest absolute Gasteiger partial charge is 0.254 e. The Bertz CT molecular complexity index is 665. The van der Waals surface area contributed by atoms with Gasteiger partial charge in [-0.05, 0) is 50.5 Å². The summed E-state index contributed by atoms with van der Waals surface area (Å²) in [6.45, 7) is 6.98. The van der Waals surface area contributed by atoms with Gasteiger partial charge in [-0.25, -0.2) is 4.98 Å². The number of hydrogen-bond acceptors (Lipinski definition) is 3. The van der Waals surface area contributed by atoms with Gasteiger partial charge in [0.05, 0.1) is 6.04 Å². The fourth-order valence-corrected chi connectivity index (χ4v) is 3.43. The van der Waals surface area contributed by atoms with E-state index in [1.165, 1.54) is 0 Å². The zero-order valence-electron chi connectivity index (χ0n) is 14.5. The van der Waals surface area contributed by atoms with Crippen LogP contribution in [0.5, 0.6) is 0 Å². The summed E-state index contributed by atoms with van der Waals surface area (Å²) in [5, 5.41) is 0. The van der Waals surface area contributed by atoms with Gasteiger partial charge in [0.15, 0.2) is 0 Å². The van der Waals surface area contributed by atoms with Gasteiger partial charge in [-0.3, -0.25) is 4.79 Å². The molecule has 1 aliphatic rings. The molecule has 3 rings (SSSR count). The molecule has 2 aromatic rings. The van der Waals surface area contributed by atoms with Crippen LogP contribution in [0.3, 0.4) is 0 Å². The second kappa shape index (κ2) is 7.47. The fourth-order valence-electron chi connectivity index (χ4n) is 3.43. The van der Waals surface area contributed by atoms with Gasteiger partial charge in [0.2, 0.25) is 0 Å². The third kappa shape index (κ3) is 3.28. The molecule has 0 N–H and O–H groups in total. The highest BCUT2D eigenvalue weighted by atomic mass is 16.2. The Morgan fingerprint density at radius 2 is 1.92 bits per heavy atom. The molecule has 24 heavy (non-hydrogen) atoms. The molecular weight excluding hydrogens is 298 g/mol. The Morgan fingerprint density at radius 3 is 2.54 bits per heavy atom. The first-order valence-corrected chi connectivity index (χ1v) is 8.81. The van der Waals surface area contributed by atoms with Crippen molar-refractivity contribution in [2.45, 2.75) is 32.7 Å². The Morgan fingerprint density at radius 1 is 1.17 bits per heavy atom. The molecule has 1 atom stereocenters. The first-order chi connectivity index (χ1) is 11.7. The van der Waals surface area contributed by atoms with Crippen molar-refractivity contribution in [3.63, 3.8) is 0 Å². The van der Waals surface area contributed by atoms with Crippen LogP contribution in [-0.4, -0.2) is 35.4 Å². The van der Waals surface area contributed by atoms with E-state index in [9.17, 15) is 4.79 Å². The van der Waals surface area contributed by atoms with Crippen molar-refractivity contribution in [3.05, 3.63) is 59.8 Å². The SMILES string of the molecule is CCN(CC)c1ccc([C@@H]2CCCN2C(=O)c2ccccc2)cn1. The average Bonchev–Trinajstić information content (AvgIpc) is 3.13. The third-order valence-electron chi connectivity index (χ3n) is 4.78. The molecule has 1 aromatic carbocycles. The van der Waals surface area contributed by atoms with Crippen LogP contribution in [0.25, 0.3) is 0 Å². The number of rotatable bonds is 5. The Balaban J connectivity index is 1.79. The maximum atomic E-state index is 12.8. The predicted octanol–water partition coefficient (Wildman–Crippen LogP) is 3.91. The van der Waals surface area contributed by atoms with E-state index in [0.29, 0.717) is 0 Å². The van der Waals surface area contributed by atoms with Crippen molar-refractivity contribution in [3.8, 4) is 0 Å². The van der Waals surface area contributed by atoms with Crippen LogP contribution >= 0.6 is 0 Å². The van der Waals surface area contributed by atoms with Gasteiger partial charge in [0, 0.05) is 31.4 Å². The number of benzene rings is 1. The van der Waals surface area contributed by atoms with Crippen molar-refractivity contribution < 1.29 is 4.79 Å². The maximum absolute atomic E-state index is 12.8. The van der Waals surface area contributed by atoms with Crippen molar-refractivity contribution in [2.75, 3.05) is 24.5 Å². The molecule has 1 fully saturated rings. The summed E-state index contributed by atoms with van der Waals surface area (Å²) in [7, 11) is 0. The summed E-state index contributed by atoms with van der Waals surface area (Å²) in [4.78, 5) is 21.6. The number of likely N-dealkylation sites (tertiary alicyclic amines) is 1. The minimum absolute atomic E-state index is 0.117. The van der Waals surface area contributed by atoms with E-state index < -0.39 is 0 Å². The Labute approximate surface area is 144 Å². The molecule has 126 valence electrons. The monoisotopic (exact) mass is 323 g/mol. The second-order valence-electron chi connectivity index (χ2n) is 6.14. The average molecular weight is 323 g/mol. The van der Waals surface area contributed by atoms with Crippen molar-refractivity contribution in [1.82, 2.24) is 9.88 Å². The van der Waals surface area contributed by atoms with Crippen LogP contribution in [0.4, 0.5) is 5.82 Å². The summed E-state index contributed by atoms with van der Waals surface area (Å²) in [5.41, 5.74) is 1.89. The van der Waals surface area contributed by atoms with Crippen LogP contribution in [0.15, 0.2) is 48.7 Å². The van der Waals surface area contributed by atoms with Crippen LogP contribution in [0, 0.1) is 0 Å². The first-order valence-electron chi connectivity index (χ1n) is 8.81. The van der Waals surface area contributed by atoms with E-state index in [2.05, 4.69) is 35.9 Å². The van der Waals surface area contributed by atoms with E-state index in [0.717, 1.165) is 49.4 Å². The van der Waals surface area contributed by atoms with Crippen molar-refractivity contribution in [1.29, 1.82) is 0 Å². The fraction of sp³-hybridized carbons (Fsp3) is 0.400. The molecule has 1 aromatic heterocycles. The maximum Gasteiger partial charge on any atom is 0.254 e. The zero-order valence-corrected chi connectivity index (χ0v) is 14.5. The number of aromatic nitrogens is 1. The molecule has 0 unspecified atom stereocenters. The lowest BCUT2D eigenvalue weighted by Gasteiger charge is -2.26. The van der Waals surface area contributed by atoms with Gasteiger partial charge >= 0.3 is 0 Å². The van der Waals surface area contributed by atoms with E-state index in [1.807, 2.05) is 41.4 Å². The van der Waals surface area contributed by atoms with Crippen LogP contribution in [0.2, 0.25) is 0 Å². The molecule has 1 aliphatic heterocycles. The highest BCUT2D eigenvalue weighted by Gasteiger charge is 2.30. The number of amides is 1. The highest BCUT2D eigenvalue weighted by Crippen LogP contribution is 2.33. The van der Waals surface area contributed by atoms with E-state index in [1.54, 1.807) is 0 Å². The largest absolute Gasteiger partial charge is 0.357 e. The minimum Gasteiger partial charge on any atom is -0.357 e. The third-order valence-corrected chi connectivity index (χ3v) is 4.78. The summed E-state index contributed by atoms with van der Waals surface area (Å²) >= 11 is 0. The number of hydrogen-bond donors (Lipinski definition) is 0. The van der Waals surface area contributed by atoms with Crippen LogP contribution in [0.1, 0.15) is 48.7 Å². The van der Waals surface area contributed by atoms with Gasteiger partial charge in [-0.15, -0.1) is 0 Å². The topological polar surface area (TPSA) is 36.4 Å². The molecular formula is C20H25N3O. The summed E-state index contributed by atoms with van der Waals surface area (Å²) in [5.74, 6) is 1.12. The molecule has 4 heteroatoms. The molecule has 0 aliphatic carbocycles. The molecule has 2 heterocycles. The Kier molecular flexibility index (Phi) is 5.14. The van der Waals surface area contributed by atoms with Crippen LogP contribution < -0.4 is 4.90 Å². The summed E-state index contributed by atoms with van der Waals surface area (Å²) in [6, 6.07) is 13.9. The number of nitrogens with zero attached hydrogens (tertiary/aromatic N) is 3. The highest BCUT2D eigenvalue weighted by molar-refractivity contribution is 5.94. The van der Waals surface area contributed by atoms with Gasteiger partial charge in [-0.2, -0.15) is 0 Å². The van der Waals surface area contributed by atoms with Crippen molar-refractivity contribution in [2.24, 2.45) is 0 Å². The van der Waals surface area contributed by atoms with Gasteiger partial charge < -0.3 is 9.80 Å². The molecule has 0 bridgehead atoms. The van der Waals surface area contributed by atoms with E-state index in [4.69, 9.17) is 0 Å². The normalized spacial score (nSPS) is 17.1. The number of pyridine rings is 1. The van der Waals surface area contributed by atoms with Gasteiger partial charge in [0.1, 0.15) is 5.82 Å². The van der Waals surface area contributed by atoms with Crippen molar-refractivity contribution >= 4 is 11.7 Å². The number of carbonyl (C=O) groups excluding carboxylic acids is 1. The zero-order chi connectivity index (χ0) is 16.9. The lowest BCUT2D eigenvalue weighted by atomic mass is 10.1. The molecule has 4 nitrogen and oxygen atoms in total. The standard InChI is InChI=1S/C20H25N3O/c1-3-22(4-2)19-13-12-17(15-21-19)18-11-8-14-23(18)20(24)16-9-6-5-7-10-16/h5-7,9-10,12-13,15,18H,3-4,8,11,14H2,1-2H3/t18-/m0/s1. The second-order valence-corrected chi connectivity index (χ2v) is 6.14. The molecule has 0 radical (unpaired) electrons. The van der Waals surface area contributed by atoms with E-state index in [-0.39, 0.29) is 11.9 Å². The molecule has 1 saturated heterocycles. The van der Waals surface area contributed by atoms with E-state index >= 15 is 0 Å². The minimum atomic E-state index is 0.117. The summed E-state index contributed by atoms with van der Waals surface area (Å²) in [6.07, 6.45) is 3.99.